The third-order valence-corrected chi connectivity index (χ3v) is 1.80. The molecule has 92 valence electrons. The number of nitrogens with two attached hydrogens (primary N) is 1. The monoisotopic (exact) mass is 229 g/mol. The number of ether oxygens (including phenoxy) is 2. The third kappa shape index (κ3) is 6.19. The van der Waals surface area contributed by atoms with Gasteiger partial charge in [-0.25, -0.2) is 0 Å². The molecule has 2 N–H and O–H groups in total. The van der Waals surface area contributed by atoms with Crippen LogP contribution in [0.2, 0.25) is 0 Å². The zero-order chi connectivity index (χ0) is 12.6. The summed E-state index contributed by atoms with van der Waals surface area (Å²) in [6.07, 6.45) is 0.318. The molecule has 0 aliphatic rings. The SMILES string of the molecule is C=C(CC(=O)OCC)CC(N)C(=O)OCC. The van der Waals surface area contributed by atoms with Crippen molar-refractivity contribution in [2.75, 3.05) is 13.2 Å². The quantitative estimate of drug-likeness (QED) is 0.515. The molecule has 0 amide bonds. The maximum absolute atomic E-state index is 11.2. The molecular weight excluding hydrogens is 210 g/mol. The topological polar surface area (TPSA) is 78.6 Å². The molecule has 5 heteroatoms. The van der Waals surface area contributed by atoms with Crippen LogP contribution in [0.5, 0.6) is 0 Å². The van der Waals surface area contributed by atoms with Crippen molar-refractivity contribution in [3.8, 4) is 0 Å². The van der Waals surface area contributed by atoms with E-state index in [-0.39, 0.29) is 25.4 Å². The lowest BCUT2D eigenvalue weighted by molar-refractivity contribution is -0.145. The van der Waals surface area contributed by atoms with Gasteiger partial charge in [0.05, 0.1) is 19.6 Å². The van der Waals surface area contributed by atoms with Gasteiger partial charge in [-0.15, -0.1) is 0 Å². The van der Waals surface area contributed by atoms with E-state index >= 15 is 0 Å². The molecule has 0 bridgehead atoms. The van der Waals surface area contributed by atoms with Crippen LogP contribution in [0.1, 0.15) is 26.7 Å². The molecule has 16 heavy (non-hydrogen) atoms. The highest BCUT2D eigenvalue weighted by atomic mass is 16.5. The zero-order valence-corrected chi connectivity index (χ0v) is 9.82. The van der Waals surface area contributed by atoms with Gasteiger partial charge in [-0.2, -0.15) is 0 Å². The number of carbonyl (C=O) groups excluding carboxylic acids is 2. The van der Waals surface area contributed by atoms with Crippen LogP contribution in [0.3, 0.4) is 0 Å². The highest BCUT2D eigenvalue weighted by molar-refractivity contribution is 5.77. The first-order chi connectivity index (χ1) is 7.51. The molecule has 0 radical (unpaired) electrons. The largest absolute Gasteiger partial charge is 0.466 e. The Morgan fingerprint density at radius 3 is 2.31 bits per heavy atom. The minimum atomic E-state index is -0.762. The number of hydrogen-bond acceptors (Lipinski definition) is 5. The van der Waals surface area contributed by atoms with Crippen LogP contribution in [-0.4, -0.2) is 31.2 Å². The van der Waals surface area contributed by atoms with Crippen molar-refractivity contribution >= 4 is 11.9 Å². The summed E-state index contributed by atoms with van der Waals surface area (Å²) in [7, 11) is 0. The first-order valence-corrected chi connectivity index (χ1v) is 5.25. The highest BCUT2D eigenvalue weighted by Gasteiger charge is 2.17. The molecule has 0 spiro atoms. The maximum atomic E-state index is 11.2. The summed E-state index contributed by atoms with van der Waals surface area (Å²) < 4.78 is 9.48. The lowest BCUT2D eigenvalue weighted by Gasteiger charge is -2.11. The van der Waals surface area contributed by atoms with E-state index in [1.54, 1.807) is 13.8 Å². The van der Waals surface area contributed by atoms with Gasteiger partial charge in [0.15, 0.2) is 0 Å². The second-order valence-corrected chi connectivity index (χ2v) is 3.29. The molecular formula is C11H19NO4. The van der Waals surface area contributed by atoms with Gasteiger partial charge in [0.2, 0.25) is 0 Å². The third-order valence-electron chi connectivity index (χ3n) is 1.80. The summed E-state index contributed by atoms with van der Waals surface area (Å²) in [5.41, 5.74) is 6.13. The Kier molecular flexibility index (Phi) is 7.20. The summed E-state index contributed by atoms with van der Waals surface area (Å²) in [6.45, 7) is 7.72. The Bertz CT molecular complexity index is 263. The average molecular weight is 229 g/mol. The highest BCUT2D eigenvalue weighted by Crippen LogP contribution is 2.08. The van der Waals surface area contributed by atoms with Crippen molar-refractivity contribution in [2.45, 2.75) is 32.7 Å². The summed E-state index contributed by atoms with van der Waals surface area (Å²) in [4.78, 5) is 22.3. The predicted octanol–water partition coefficient (Wildman–Crippen LogP) is 0.776. The first-order valence-electron chi connectivity index (χ1n) is 5.25. The molecule has 0 saturated carbocycles. The van der Waals surface area contributed by atoms with E-state index in [1.807, 2.05) is 0 Å². The minimum Gasteiger partial charge on any atom is -0.466 e. The molecule has 0 aromatic heterocycles. The predicted molar refractivity (Wildman–Crippen MR) is 59.6 cm³/mol. The van der Waals surface area contributed by atoms with Crippen molar-refractivity contribution < 1.29 is 19.1 Å². The van der Waals surface area contributed by atoms with Gasteiger partial charge in [-0.1, -0.05) is 12.2 Å². The van der Waals surface area contributed by atoms with Crippen LogP contribution in [0.25, 0.3) is 0 Å². The Morgan fingerprint density at radius 2 is 1.81 bits per heavy atom. The number of rotatable bonds is 7. The Hall–Kier alpha value is -1.36. The molecule has 0 aliphatic heterocycles. The van der Waals surface area contributed by atoms with E-state index in [9.17, 15) is 9.59 Å². The Morgan fingerprint density at radius 1 is 1.25 bits per heavy atom. The van der Waals surface area contributed by atoms with E-state index in [0.29, 0.717) is 12.2 Å². The summed E-state index contributed by atoms with van der Waals surface area (Å²) in [5.74, 6) is -0.837. The lowest BCUT2D eigenvalue weighted by Crippen LogP contribution is -2.32. The van der Waals surface area contributed by atoms with Gasteiger partial charge in [-0.3, -0.25) is 9.59 Å². The standard InChI is InChI=1S/C11H19NO4/c1-4-15-10(13)7-8(3)6-9(12)11(14)16-5-2/h9H,3-7,12H2,1-2H3. The summed E-state index contributed by atoms with van der Waals surface area (Å²) in [6, 6.07) is -0.762. The van der Waals surface area contributed by atoms with E-state index in [4.69, 9.17) is 15.2 Å². The van der Waals surface area contributed by atoms with E-state index in [0.717, 1.165) is 0 Å². The fraction of sp³-hybridized carbons (Fsp3) is 0.636. The molecule has 0 saturated heterocycles. The molecule has 0 heterocycles. The van der Waals surface area contributed by atoms with E-state index in [2.05, 4.69) is 6.58 Å². The fourth-order valence-corrected chi connectivity index (χ4v) is 1.13. The van der Waals surface area contributed by atoms with Crippen LogP contribution in [0, 0.1) is 0 Å². The molecule has 0 fully saturated rings. The van der Waals surface area contributed by atoms with Crippen LogP contribution < -0.4 is 5.73 Å². The van der Waals surface area contributed by atoms with Gasteiger partial charge in [-0.05, 0) is 20.3 Å². The minimum absolute atomic E-state index is 0.0843. The smallest absolute Gasteiger partial charge is 0.323 e. The Labute approximate surface area is 95.6 Å². The van der Waals surface area contributed by atoms with Gasteiger partial charge < -0.3 is 15.2 Å². The number of esters is 2. The van der Waals surface area contributed by atoms with Crippen LogP contribution in [0.15, 0.2) is 12.2 Å². The van der Waals surface area contributed by atoms with Gasteiger partial charge in [0.25, 0.3) is 0 Å². The normalized spacial score (nSPS) is 11.7. The van der Waals surface area contributed by atoms with Crippen molar-refractivity contribution in [3.05, 3.63) is 12.2 Å². The van der Waals surface area contributed by atoms with Crippen molar-refractivity contribution in [2.24, 2.45) is 5.73 Å². The molecule has 0 rings (SSSR count). The number of carbonyl (C=O) groups is 2. The van der Waals surface area contributed by atoms with Crippen LogP contribution >= 0.6 is 0 Å². The average Bonchev–Trinajstić information content (AvgIpc) is 2.17. The van der Waals surface area contributed by atoms with Gasteiger partial charge in [0.1, 0.15) is 6.04 Å². The van der Waals surface area contributed by atoms with Crippen molar-refractivity contribution in [3.63, 3.8) is 0 Å². The lowest BCUT2D eigenvalue weighted by atomic mass is 10.1. The van der Waals surface area contributed by atoms with Crippen molar-refractivity contribution in [1.29, 1.82) is 0 Å². The molecule has 1 atom stereocenters. The summed E-state index contributed by atoms with van der Waals surface area (Å²) in [5, 5.41) is 0. The summed E-state index contributed by atoms with van der Waals surface area (Å²) >= 11 is 0. The maximum Gasteiger partial charge on any atom is 0.323 e. The first kappa shape index (κ1) is 14.6. The molecule has 0 aliphatic carbocycles. The Balaban J connectivity index is 3.95. The number of hydrogen-bond donors (Lipinski definition) is 1. The van der Waals surface area contributed by atoms with Crippen molar-refractivity contribution in [1.82, 2.24) is 0 Å². The van der Waals surface area contributed by atoms with Crippen LogP contribution in [-0.2, 0) is 19.1 Å². The van der Waals surface area contributed by atoms with Crippen LogP contribution in [0.4, 0.5) is 0 Å². The molecule has 1 unspecified atom stereocenters. The van der Waals surface area contributed by atoms with Gasteiger partial charge in [0, 0.05) is 0 Å². The molecule has 0 aromatic rings. The second-order valence-electron chi connectivity index (χ2n) is 3.29. The molecule has 0 aromatic carbocycles. The van der Waals surface area contributed by atoms with E-state index < -0.39 is 12.0 Å². The second kappa shape index (κ2) is 7.87. The molecule has 5 nitrogen and oxygen atoms in total. The van der Waals surface area contributed by atoms with E-state index in [1.165, 1.54) is 0 Å². The zero-order valence-electron chi connectivity index (χ0n) is 9.82. The fourth-order valence-electron chi connectivity index (χ4n) is 1.13. The van der Waals surface area contributed by atoms with Gasteiger partial charge >= 0.3 is 11.9 Å².